The smallest absolute Gasteiger partial charge is 0.411 e. The molecule has 0 unspecified atom stereocenters. The maximum Gasteiger partial charge on any atom is 0.411 e. The number of carboxylic acids is 1. The average Bonchev–Trinajstić information content (AvgIpc) is 2.34. The van der Waals surface area contributed by atoms with Crippen molar-refractivity contribution in [2.24, 2.45) is 11.8 Å². The van der Waals surface area contributed by atoms with Crippen LogP contribution >= 0.6 is 0 Å². The summed E-state index contributed by atoms with van der Waals surface area (Å²) < 4.78 is 5.33. The first kappa shape index (κ1) is 16.1. The molecular formula is C15H25NO5. The van der Waals surface area contributed by atoms with Crippen molar-refractivity contribution in [3.05, 3.63) is 0 Å². The average molecular weight is 299 g/mol. The van der Waals surface area contributed by atoms with Crippen molar-refractivity contribution in [1.29, 1.82) is 0 Å². The van der Waals surface area contributed by atoms with E-state index in [1.54, 1.807) is 20.8 Å². The number of rotatable bonds is 1. The van der Waals surface area contributed by atoms with E-state index in [0.29, 0.717) is 19.4 Å². The van der Waals surface area contributed by atoms with Crippen LogP contribution in [0.25, 0.3) is 0 Å². The molecule has 6 nitrogen and oxygen atoms in total. The third kappa shape index (κ3) is 3.87. The van der Waals surface area contributed by atoms with Gasteiger partial charge in [0.15, 0.2) is 0 Å². The first-order chi connectivity index (χ1) is 9.67. The van der Waals surface area contributed by atoms with Gasteiger partial charge in [-0.3, -0.25) is 4.90 Å². The zero-order valence-electron chi connectivity index (χ0n) is 12.9. The highest BCUT2D eigenvalue weighted by Gasteiger charge is 2.44. The lowest BCUT2D eigenvalue weighted by atomic mass is 9.72. The number of carbonyl (C=O) groups is 2. The van der Waals surface area contributed by atoms with Gasteiger partial charge in [0.25, 0.3) is 0 Å². The Hall–Kier alpha value is -1.30. The molecular weight excluding hydrogens is 274 g/mol. The molecule has 21 heavy (non-hydrogen) atoms. The van der Waals surface area contributed by atoms with Gasteiger partial charge in [0, 0.05) is 6.54 Å². The van der Waals surface area contributed by atoms with Gasteiger partial charge in [-0.25, -0.2) is 9.59 Å². The van der Waals surface area contributed by atoms with E-state index in [0.717, 1.165) is 12.8 Å². The van der Waals surface area contributed by atoms with Gasteiger partial charge in [0.1, 0.15) is 11.6 Å². The highest BCUT2D eigenvalue weighted by atomic mass is 16.6. The SMILES string of the molecule is CC(C)(C)OC(=O)N1C[C@@H]2CC[C@H](O)C[C@@H]2C[C@H]1C(=O)O. The lowest BCUT2D eigenvalue weighted by Gasteiger charge is -2.45. The Morgan fingerprint density at radius 1 is 1.14 bits per heavy atom. The number of aliphatic hydroxyl groups excluding tert-OH is 1. The Morgan fingerprint density at radius 2 is 1.81 bits per heavy atom. The van der Waals surface area contributed by atoms with Gasteiger partial charge in [0.2, 0.25) is 0 Å². The predicted octanol–water partition coefficient (Wildman–Crippen LogP) is 1.86. The van der Waals surface area contributed by atoms with E-state index in [4.69, 9.17) is 4.74 Å². The number of likely N-dealkylation sites (tertiary alicyclic amines) is 1. The number of piperidine rings is 1. The van der Waals surface area contributed by atoms with Gasteiger partial charge >= 0.3 is 12.1 Å². The molecule has 6 heteroatoms. The largest absolute Gasteiger partial charge is 0.480 e. The second kappa shape index (κ2) is 5.83. The van der Waals surface area contributed by atoms with E-state index in [1.165, 1.54) is 4.90 Å². The third-order valence-corrected chi connectivity index (χ3v) is 4.36. The van der Waals surface area contributed by atoms with Crippen molar-refractivity contribution < 1.29 is 24.5 Å². The Morgan fingerprint density at radius 3 is 2.38 bits per heavy atom. The normalized spacial score (nSPS) is 33.2. The number of hydrogen-bond donors (Lipinski definition) is 2. The Kier molecular flexibility index (Phi) is 4.46. The maximum absolute atomic E-state index is 12.3. The molecule has 1 aliphatic carbocycles. The van der Waals surface area contributed by atoms with Gasteiger partial charge in [-0.05, 0) is 58.3 Å². The lowest BCUT2D eigenvalue weighted by molar-refractivity contribution is -0.147. The van der Waals surface area contributed by atoms with Crippen LogP contribution in [0.3, 0.4) is 0 Å². The van der Waals surface area contributed by atoms with E-state index in [2.05, 4.69) is 0 Å². The Labute approximate surface area is 125 Å². The third-order valence-electron chi connectivity index (χ3n) is 4.36. The fraction of sp³-hybridized carbons (Fsp3) is 0.867. The molecule has 1 heterocycles. The van der Waals surface area contributed by atoms with E-state index in [1.807, 2.05) is 0 Å². The minimum absolute atomic E-state index is 0.175. The molecule has 2 aliphatic rings. The van der Waals surface area contributed by atoms with Crippen LogP contribution in [0.2, 0.25) is 0 Å². The second-order valence-corrected chi connectivity index (χ2v) is 7.21. The Bertz CT molecular complexity index is 417. The van der Waals surface area contributed by atoms with Crippen LogP contribution in [0.4, 0.5) is 4.79 Å². The van der Waals surface area contributed by atoms with Crippen molar-refractivity contribution in [2.45, 2.75) is 64.2 Å². The number of hydrogen-bond acceptors (Lipinski definition) is 4. The van der Waals surface area contributed by atoms with Crippen LogP contribution in [0, 0.1) is 11.8 Å². The predicted molar refractivity (Wildman–Crippen MR) is 75.8 cm³/mol. The first-order valence-electron chi connectivity index (χ1n) is 7.58. The van der Waals surface area contributed by atoms with Crippen LogP contribution in [-0.4, -0.2) is 51.5 Å². The molecule has 0 bridgehead atoms. The summed E-state index contributed by atoms with van der Waals surface area (Å²) in [7, 11) is 0. The quantitative estimate of drug-likeness (QED) is 0.771. The molecule has 0 aromatic rings. The summed E-state index contributed by atoms with van der Waals surface area (Å²) in [4.78, 5) is 25.1. The number of carbonyl (C=O) groups excluding carboxylic acids is 1. The summed E-state index contributed by atoms with van der Waals surface area (Å²) >= 11 is 0. The van der Waals surface area contributed by atoms with E-state index in [-0.39, 0.29) is 17.9 Å². The zero-order valence-corrected chi connectivity index (χ0v) is 12.9. The fourth-order valence-corrected chi connectivity index (χ4v) is 3.38. The topological polar surface area (TPSA) is 87.1 Å². The molecule has 2 fully saturated rings. The van der Waals surface area contributed by atoms with Gasteiger partial charge < -0.3 is 14.9 Å². The highest BCUT2D eigenvalue weighted by Crippen LogP contribution is 2.39. The fourth-order valence-electron chi connectivity index (χ4n) is 3.38. The van der Waals surface area contributed by atoms with Gasteiger partial charge in [0.05, 0.1) is 6.10 Å². The zero-order chi connectivity index (χ0) is 15.8. The minimum Gasteiger partial charge on any atom is -0.480 e. The molecule has 4 atom stereocenters. The molecule has 2 rings (SSSR count). The van der Waals surface area contributed by atoms with Crippen LogP contribution in [0.15, 0.2) is 0 Å². The number of carboxylic acid groups (broad SMARTS) is 1. The van der Waals surface area contributed by atoms with Gasteiger partial charge in [-0.2, -0.15) is 0 Å². The number of amides is 1. The number of fused-ring (bicyclic) bond motifs is 1. The maximum atomic E-state index is 12.3. The molecule has 120 valence electrons. The molecule has 0 radical (unpaired) electrons. The summed E-state index contributed by atoms with van der Waals surface area (Å²) in [6.07, 6.45) is 1.69. The van der Waals surface area contributed by atoms with Crippen molar-refractivity contribution in [3.8, 4) is 0 Å². The number of nitrogens with zero attached hydrogens (tertiary/aromatic N) is 1. The first-order valence-corrected chi connectivity index (χ1v) is 7.58. The molecule has 1 saturated carbocycles. The summed E-state index contributed by atoms with van der Waals surface area (Å²) in [5.74, 6) is -0.565. The van der Waals surface area contributed by atoms with Gasteiger partial charge in [-0.15, -0.1) is 0 Å². The monoisotopic (exact) mass is 299 g/mol. The molecule has 1 aliphatic heterocycles. The molecule has 0 spiro atoms. The van der Waals surface area contributed by atoms with Crippen molar-refractivity contribution in [3.63, 3.8) is 0 Å². The summed E-state index contributed by atoms with van der Waals surface area (Å²) in [6.45, 7) is 5.71. The van der Waals surface area contributed by atoms with Gasteiger partial charge in [-0.1, -0.05) is 0 Å². The standard InChI is InChI=1S/C15H25NO5/c1-15(2,3)21-14(20)16-8-9-4-5-11(17)6-10(9)7-12(16)13(18)19/h9-12,17H,4-8H2,1-3H3,(H,18,19)/t9-,10+,11-,12-/m0/s1. The van der Waals surface area contributed by atoms with Crippen molar-refractivity contribution >= 4 is 12.1 Å². The van der Waals surface area contributed by atoms with E-state index in [9.17, 15) is 19.8 Å². The number of ether oxygens (including phenoxy) is 1. The molecule has 2 N–H and O–H groups in total. The minimum atomic E-state index is -1.00. The molecule has 1 saturated heterocycles. The summed E-state index contributed by atoms with van der Waals surface area (Å²) in [6, 6.07) is -0.855. The molecule has 0 aromatic heterocycles. The van der Waals surface area contributed by atoms with Crippen LogP contribution in [0.5, 0.6) is 0 Å². The van der Waals surface area contributed by atoms with Crippen LogP contribution in [-0.2, 0) is 9.53 Å². The van der Waals surface area contributed by atoms with Crippen LogP contribution in [0.1, 0.15) is 46.5 Å². The molecule has 0 aromatic carbocycles. The highest BCUT2D eigenvalue weighted by molar-refractivity contribution is 5.80. The molecule has 1 amide bonds. The number of aliphatic carboxylic acids is 1. The van der Waals surface area contributed by atoms with E-state index < -0.39 is 23.7 Å². The summed E-state index contributed by atoms with van der Waals surface area (Å²) in [5, 5.41) is 19.1. The lowest BCUT2D eigenvalue weighted by Crippen LogP contribution is -2.55. The second-order valence-electron chi connectivity index (χ2n) is 7.21. The van der Waals surface area contributed by atoms with Crippen molar-refractivity contribution in [1.82, 2.24) is 4.90 Å². The Balaban J connectivity index is 2.12. The van der Waals surface area contributed by atoms with Crippen molar-refractivity contribution in [2.75, 3.05) is 6.54 Å². The van der Waals surface area contributed by atoms with E-state index >= 15 is 0 Å². The van der Waals surface area contributed by atoms with Crippen LogP contribution < -0.4 is 0 Å². The number of aliphatic hydroxyl groups is 1. The summed E-state index contributed by atoms with van der Waals surface area (Å²) in [5.41, 5.74) is -0.639.